The highest BCUT2D eigenvalue weighted by atomic mass is 19.1. The molecular formula is C17H16FN5O2. The molecule has 3 rings (SSSR count). The van der Waals surface area contributed by atoms with Gasteiger partial charge in [-0.15, -0.1) is 5.10 Å². The second kappa shape index (κ2) is 7.63. The maximum Gasteiger partial charge on any atom is 0.274 e. The summed E-state index contributed by atoms with van der Waals surface area (Å²) in [4.78, 5) is 16.4. The average Bonchev–Trinajstić information content (AvgIpc) is 3.08. The highest BCUT2D eigenvalue weighted by molar-refractivity contribution is 5.98. The van der Waals surface area contributed by atoms with Crippen LogP contribution in [0.5, 0.6) is 0 Å². The van der Waals surface area contributed by atoms with Crippen molar-refractivity contribution in [3.63, 3.8) is 0 Å². The molecule has 0 fully saturated rings. The number of hydrogen-bond acceptors (Lipinski definition) is 5. The van der Waals surface area contributed by atoms with Crippen LogP contribution in [0, 0.1) is 5.82 Å². The van der Waals surface area contributed by atoms with Crippen LogP contribution in [0.25, 0.3) is 16.9 Å². The summed E-state index contributed by atoms with van der Waals surface area (Å²) < 4.78 is 19.6. The first-order valence-electron chi connectivity index (χ1n) is 7.60. The van der Waals surface area contributed by atoms with Crippen LogP contribution >= 0.6 is 0 Å². The quantitative estimate of drug-likeness (QED) is 0.692. The number of amides is 1. The molecular weight excluding hydrogens is 325 g/mol. The van der Waals surface area contributed by atoms with Gasteiger partial charge in [-0.1, -0.05) is 5.21 Å². The zero-order valence-electron chi connectivity index (χ0n) is 13.5. The van der Waals surface area contributed by atoms with Crippen LogP contribution in [0.3, 0.4) is 0 Å². The lowest BCUT2D eigenvalue weighted by molar-refractivity contribution is 0.0932. The first-order chi connectivity index (χ1) is 12.2. The maximum absolute atomic E-state index is 13.2. The zero-order valence-corrected chi connectivity index (χ0v) is 13.5. The monoisotopic (exact) mass is 341 g/mol. The molecule has 1 N–H and O–H groups in total. The standard InChI is InChI=1S/C17H16FN5O2/c1-25-11-10-20-17(24)15-16(12-6-8-19-9-7-12)23(22-21-15)14-4-2-13(18)3-5-14/h2-9H,10-11H2,1H3,(H,20,24). The molecule has 0 saturated carbocycles. The van der Waals surface area contributed by atoms with E-state index in [1.54, 1.807) is 43.8 Å². The van der Waals surface area contributed by atoms with Gasteiger partial charge in [0.15, 0.2) is 5.69 Å². The van der Waals surface area contributed by atoms with E-state index in [1.807, 2.05) is 0 Å². The molecule has 1 amide bonds. The Labute approximate surface area is 143 Å². The van der Waals surface area contributed by atoms with Crippen molar-refractivity contribution in [1.29, 1.82) is 0 Å². The summed E-state index contributed by atoms with van der Waals surface area (Å²) in [6.45, 7) is 0.747. The fourth-order valence-electron chi connectivity index (χ4n) is 2.32. The second-order valence-electron chi connectivity index (χ2n) is 5.16. The fourth-order valence-corrected chi connectivity index (χ4v) is 2.32. The number of rotatable bonds is 6. The van der Waals surface area contributed by atoms with Gasteiger partial charge < -0.3 is 10.1 Å². The minimum Gasteiger partial charge on any atom is -0.383 e. The molecule has 0 spiro atoms. The van der Waals surface area contributed by atoms with Crippen molar-refractivity contribution in [3.8, 4) is 16.9 Å². The van der Waals surface area contributed by atoms with Crippen molar-refractivity contribution < 1.29 is 13.9 Å². The third kappa shape index (κ3) is 3.69. The number of benzene rings is 1. The number of carbonyl (C=O) groups excluding carboxylic acids is 1. The number of hydrogen-bond donors (Lipinski definition) is 1. The van der Waals surface area contributed by atoms with E-state index in [1.165, 1.54) is 16.8 Å². The van der Waals surface area contributed by atoms with Gasteiger partial charge in [0.1, 0.15) is 11.5 Å². The number of carbonyl (C=O) groups is 1. The molecule has 25 heavy (non-hydrogen) atoms. The Morgan fingerprint density at radius 2 is 1.92 bits per heavy atom. The Bertz CT molecular complexity index is 849. The first-order valence-corrected chi connectivity index (χ1v) is 7.60. The van der Waals surface area contributed by atoms with Crippen molar-refractivity contribution in [1.82, 2.24) is 25.3 Å². The van der Waals surface area contributed by atoms with Crippen LogP contribution in [-0.2, 0) is 4.74 Å². The summed E-state index contributed by atoms with van der Waals surface area (Å²) in [5.41, 5.74) is 1.99. The molecule has 0 bridgehead atoms. The SMILES string of the molecule is COCCNC(=O)c1nnn(-c2ccc(F)cc2)c1-c1ccncc1. The Kier molecular flexibility index (Phi) is 5.10. The van der Waals surface area contributed by atoms with Gasteiger partial charge in [0, 0.05) is 31.6 Å². The van der Waals surface area contributed by atoms with E-state index >= 15 is 0 Å². The number of methoxy groups -OCH3 is 1. The molecule has 2 heterocycles. The third-order valence-electron chi connectivity index (χ3n) is 3.50. The van der Waals surface area contributed by atoms with Gasteiger partial charge in [-0.2, -0.15) is 0 Å². The molecule has 0 aliphatic heterocycles. The van der Waals surface area contributed by atoms with E-state index in [-0.39, 0.29) is 17.4 Å². The molecule has 0 unspecified atom stereocenters. The molecule has 7 nitrogen and oxygen atoms in total. The number of halogens is 1. The summed E-state index contributed by atoms with van der Waals surface area (Å²) >= 11 is 0. The average molecular weight is 341 g/mol. The van der Waals surface area contributed by atoms with Crippen molar-refractivity contribution >= 4 is 5.91 Å². The number of ether oxygens (including phenoxy) is 1. The molecule has 0 saturated heterocycles. The topological polar surface area (TPSA) is 81.9 Å². The lowest BCUT2D eigenvalue weighted by Crippen LogP contribution is -2.27. The van der Waals surface area contributed by atoms with Crippen LogP contribution in [0.15, 0.2) is 48.8 Å². The summed E-state index contributed by atoms with van der Waals surface area (Å²) in [6.07, 6.45) is 3.23. The summed E-state index contributed by atoms with van der Waals surface area (Å²) in [5, 5.41) is 10.8. The van der Waals surface area contributed by atoms with Crippen molar-refractivity contribution in [2.24, 2.45) is 0 Å². The Balaban J connectivity index is 2.04. The van der Waals surface area contributed by atoms with Gasteiger partial charge in [-0.3, -0.25) is 9.78 Å². The molecule has 1 aromatic carbocycles. The van der Waals surface area contributed by atoms with Gasteiger partial charge >= 0.3 is 0 Å². The van der Waals surface area contributed by atoms with Gasteiger partial charge in [0.25, 0.3) is 5.91 Å². The molecule has 0 radical (unpaired) electrons. The van der Waals surface area contributed by atoms with Gasteiger partial charge in [0.05, 0.1) is 12.3 Å². The Morgan fingerprint density at radius 3 is 2.60 bits per heavy atom. The minimum absolute atomic E-state index is 0.173. The van der Waals surface area contributed by atoms with E-state index in [2.05, 4.69) is 20.6 Å². The van der Waals surface area contributed by atoms with Crippen LogP contribution in [0.1, 0.15) is 10.5 Å². The number of pyridine rings is 1. The largest absolute Gasteiger partial charge is 0.383 e. The van der Waals surface area contributed by atoms with Crippen LogP contribution in [0.2, 0.25) is 0 Å². The summed E-state index contributed by atoms with van der Waals surface area (Å²) in [6, 6.07) is 9.30. The predicted octanol–water partition coefficient (Wildman–Crippen LogP) is 1.84. The van der Waals surface area contributed by atoms with Gasteiger partial charge in [-0.25, -0.2) is 9.07 Å². The number of nitrogens with zero attached hydrogens (tertiary/aromatic N) is 4. The lowest BCUT2D eigenvalue weighted by Gasteiger charge is -2.08. The minimum atomic E-state index is -0.364. The van der Waals surface area contributed by atoms with Crippen molar-refractivity contribution in [2.45, 2.75) is 0 Å². The van der Waals surface area contributed by atoms with E-state index in [9.17, 15) is 9.18 Å². The Hall–Kier alpha value is -3.13. The first kappa shape index (κ1) is 16.7. The van der Waals surface area contributed by atoms with Crippen LogP contribution in [-0.4, -0.2) is 46.1 Å². The van der Waals surface area contributed by atoms with Gasteiger partial charge in [0.2, 0.25) is 0 Å². The van der Waals surface area contributed by atoms with E-state index in [4.69, 9.17) is 4.74 Å². The molecule has 0 aliphatic carbocycles. The second-order valence-corrected chi connectivity index (χ2v) is 5.16. The normalized spacial score (nSPS) is 10.6. The lowest BCUT2D eigenvalue weighted by atomic mass is 10.1. The van der Waals surface area contributed by atoms with Crippen LogP contribution < -0.4 is 5.32 Å². The van der Waals surface area contributed by atoms with E-state index in [0.717, 1.165) is 5.56 Å². The maximum atomic E-state index is 13.2. The number of aromatic nitrogens is 4. The predicted molar refractivity (Wildman–Crippen MR) is 88.8 cm³/mol. The van der Waals surface area contributed by atoms with Crippen molar-refractivity contribution in [2.75, 3.05) is 20.3 Å². The van der Waals surface area contributed by atoms with Crippen molar-refractivity contribution in [3.05, 3.63) is 60.3 Å². The molecule has 2 aromatic heterocycles. The van der Waals surface area contributed by atoms with E-state index in [0.29, 0.717) is 24.5 Å². The fraction of sp³-hybridized carbons (Fsp3) is 0.176. The highest BCUT2D eigenvalue weighted by Gasteiger charge is 2.21. The summed E-state index contributed by atoms with van der Waals surface area (Å²) in [5.74, 6) is -0.718. The van der Waals surface area contributed by atoms with E-state index < -0.39 is 0 Å². The number of nitrogens with one attached hydrogen (secondary N) is 1. The summed E-state index contributed by atoms with van der Waals surface area (Å²) in [7, 11) is 1.55. The van der Waals surface area contributed by atoms with Gasteiger partial charge in [-0.05, 0) is 36.4 Å². The molecule has 128 valence electrons. The zero-order chi connectivity index (χ0) is 17.6. The molecule has 8 heteroatoms. The third-order valence-corrected chi connectivity index (χ3v) is 3.50. The highest BCUT2D eigenvalue weighted by Crippen LogP contribution is 2.24. The smallest absolute Gasteiger partial charge is 0.274 e. The Morgan fingerprint density at radius 1 is 1.20 bits per heavy atom. The molecule has 0 aliphatic rings. The van der Waals surface area contributed by atoms with Crippen LogP contribution in [0.4, 0.5) is 4.39 Å². The molecule has 0 atom stereocenters. The molecule has 3 aromatic rings.